The number of nitrogens with zero attached hydrogens (tertiary/aromatic N) is 1. The van der Waals surface area contributed by atoms with Crippen LogP contribution in [0.1, 0.15) is 5.56 Å². The van der Waals surface area contributed by atoms with E-state index in [1.165, 1.54) is 24.3 Å². The third-order valence-corrected chi connectivity index (χ3v) is 3.98. The highest BCUT2D eigenvalue weighted by Crippen LogP contribution is 2.35. The zero-order valence-corrected chi connectivity index (χ0v) is 12.8. The van der Waals surface area contributed by atoms with Crippen LogP contribution in [0.25, 0.3) is 6.08 Å². The molecule has 0 radical (unpaired) electrons. The first kappa shape index (κ1) is 17.3. The van der Waals surface area contributed by atoms with Gasteiger partial charge in [-0.25, -0.2) is 0 Å². The average molecular weight is 363 g/mol. The molecule has 0 bridgehead atoms. The van der Waals surface area contributed by atoms with E-state index >= 15 is 0 Å². The van der Waals surface area contributed by atoms with Crippen molar-refractivity contribution in [1.29, 1.82) is 0 Å². The Hall–Kier alpha value is -2.07. The van der Waals surface area contributed by atoms with Crippen molar-refractivity contribution in [2.24, 2.45) is 0 Å². The van der Waals surface area contributed by atoms with Gasteiger partial charge in [-0.3, -0.25) is 14.5 Å². The predicted octanol–water partition coefficient (Wildman–Crippen LogP) is 2.87. The summed E-state index contributed by atoms with van der Waals surface area (Å²) in [5.41, 5.74) is 0.0284. The number of carbonyl (C=O) groups is 2. The minimum Gasteiger partial charge on any atom is -0.480 e. The minimum atomic E-state index is -4.87. The normalized spacial score (nSPS) is 17.0. The molecule has 0 saturated carbocycles. The molecule has 1 heterocycles. The van der Waals surface area contributed by atoms with E-state index in [9.17, 15) is 22.8 Å². The van der Waals surface area contributed by atoms with Gasteiger partial charge in [-0.05, 0) is 12.1 Å². The van der Waals surface area contributed by atoms with Crippen LogP contribution < -0.4 is 4.74 Å². The average Bonchev–Trinajstić information content (AvgIpc) is 2.67. The van der Waals surface area contributed by atoms with Crippen LogP contribution in [0.15, 0.2) is 29.2 Å². The molecule has 1 aliphatic heterocycles. The lowest BCUT2D eigenvalue weighted by molar-refractivity contribution is -0.274. The lowest BCUT2D eigenvalue weighted by Gasteiger charge is -2.11. The lowest BCUT2D eigenvalue weighted by Crippen LogP contribution is -2.33. The standard InChI is InChI=1S/C13H8F3NO4S2/c14-13(15,16)21-8-4-2-1-3-7(8)5-9-11(20)17(6-10(18)19)12(22)23-9/h1-5H,6H2,(H,18,19). The van der Waals surface area contributed by atoms with E-state index < -0.39 is 30.5 Å². The Balaban J connectivity index is 2.31. The summed E-state index contributed by atoms with van der Waals surface area (Å²) in [4.78, 5) is 23.7. The summed E-state index contributed by atoms with van der Waals surface area (Å²) in [5, 5.41) is 8.73. The monoisotopic (exact) mass is 363 g/mol. The van der Waals surface area contributed by atoms with Gasteiger partial charge in [-0.15, -0.1) is 13.2 Å². The van der Waals surface area contributed by atoms with E-state index in [1.54, 1.807) is 0 Å². The number of hydrogen-bond donors (Lipinski definition) is 1. The van der Waals surface area contributed by atoms with Crippen LogP contribution in [0.2, 0.25) is 0 Å². The zero-order valence-electron chi connectivity index (χ0n) is 11.2. The van der Waals surface area contributed by atoms with Gasteiger partial charge in [0.2, 0.25) is 0 Å². The molecule has 1 N–H and O–H groups in total. The van der Waals surface area contributed by atoms with Gasteiger partial charge >= 0.3 is 12.3 Å². The number of thioether (sulfide) groups is 1. The Kier molecular flexibility index (Phi) is 4.95. The molecule has 2 rings (SSSR count). The molecule has 0 atom stereocenters. The van der Waals surface area contributed by atoms with Crippen molar-refractivity contribution < 1.29 is 32.6 Å². The molecule has 10 heteroatoms. The number of thiocarbonyl (C=S) groups is 1. The number of carbonyl (C=O) groups excluding carboxylic acids is 1. The van der Waals surface area contributed by atoms with Crippen molar-refractivity contribution in [3.8, 4) is 5.75 Å². The summed E-state index contributed by atoms with van der Waals surface area (Å²) < 4.78 is 41.0. The molecular formula is C13H8F3NO4S2. The quantitative estimate of drug-likeness (QED) is 0.655. The van der Waals surface area contributed by atoms with Gasteiger partial charge in [0.25, 0.3) is 5.91 Å². The fourth-order valence-corrected chi connectivity index (χ4v) is 2.98. The maximum Gasteiger partial charge on any atom is 0.573 e. The summed E-state index contributed by atoms with van der Waals surface area (Å²) >= 11 is 5.72. The maximum atomic E-state index is 12.4. The smallest absolute Gasteiger partial charge is 0.480 e. The lowest BCUT2D eigenvalue weighted by atomic mass is 10.2. The summed E-state index contributed by atoms with van der Waals surface area (Å²) in [7, 11) is 0. The number of carboxylic acids is 1. The number of hydrogen-bond acceptors (Lipinski definition) is 5. The Morgan fingerprint density at radius 2 is 2.04 bits per heavy atom. The number of aliphatic carboxylic acids is 1. The molecule has 0 spiro atoms. The molecule has 122 valence electrons. The molecule has 23 heavy (non-hydrogen) atoms. The Labute approximate surface area is 137 Å². The molecule has 1 fully saturated rings. The van der Waals surface area contributed by atoms with Crippen molar-refractivity contribution in [2.45, 2.75) is 6.36 Å². The molecular weight excluding hydrogens is 355 g/mol. The number of carboxylic acid groups (broad SMARTS) is 1. The van der Waals surface area contributed by atoms with E-state index in [4.69, 9.17) is 17.3 Å². The third kappa shape index (κ3) is 4.45. The summed E-state index contributed by atoms with van der Waals surface area (Å²) in [6.45, 7) is -0.608. The first-order chi connectivity index (χ1) is 10.7. The van der Waals surface area contributed by atoms with Gasteiger partial charge in [0, 0.05) is 5.56 Å². The topological polar surface area (TPSA) is 66.8 Å². The van der Waals surface area contributed by atoms with Gasteiger partial charge in [0.15, 0.2) is 0 Å². The molecule has 0 aromatic heterocycles. The maximum absolute atomic E-state index is 12.4. The van der Waals surface area contributed by atoms with Gasteiger partial charge in [0.1, 0.15) is 16.6 Å². The van der Waals surface area contributed by atoms with Crippen molar-refractivity contribution in [2.75, 3.05) is 6.54 Å². The predicted molar refractivity (Wildman–Crippen MR) is 80.6 cm³/mol. The highest BCUT2D eigenvalue weighted by Gasteiger charge is 2.34. The molecule has 1 aromatic carbocycles. The van der Waals surface area contributed by atoms with Gasteiger partial charge in [-0.1, -0.05) is 42.2 Å². The van der Waals surface area contributed by atoms with Crippen molar-refractivity contribution in [1.82, 2.24) is 4.90 Å². The molecule has 1 aliphatic rings. The fraction of sp³-hybridized carbons (Fsp3) is 0.154. The number of alkyl halides is 3. The van der Waals surface area contributed by atoms with Gasteiger partial charge in [0.05, 0.1) is 4.91 Å². The first-order valence-electron chi connectivity index (χ1n) is 5.99. The van der Waals surface area contributed by atoms with E-state index in [0.717, 1.165) is 22.7 Å². The molecule has 0 aliphatic carbocycles. The number of amides is 1. The number of halogens is 3. The number of rotatable bonds is 4. The van der Waals surface area contributed by atoms with E-state index in [1.807, 2.05) is 0 Å². The van der Waals surface area contributed by atoms with E-state index in [0.29, 0.717) is 0 Å². The fourth-order valence-electron chi connectivity index (χ4n) is 1.73. The Morgan fingerprint density at radius 3 is 2.65 bits per heavy atom. The largest absolute Gasteiger partial charge is 0.573 e. The SMILES string of the molecule is O=C(O)CN1C(=O)C(=Cc2ccccc2OC(F)(F)F)SC1=S. The number of ether oxygens (including phenoxy) is 1. The first-order valence-corrected chi connectivity index (χ1v) is 7.22. The van der Waals surface area contributed by atoms with Crippen molar-refractivity contribution in [3.05, 3.63) is 34.7 Å². The van der Waals surface area contributed by atoms with Crippen molar-refractivity contribution >= 4 is 46.3 Å². The van der Waals surface area contributed by atoms with Crippen LogP contribution in [0.5, 0.6) is 5.75 Å². The summed E-state index contributed by atoms with van der Waals surface area (Å²) in [6.07, 6.45) is -3.69. The van der Waals surface area contributed by atoms with Crippen LogP contribution in [0.4, 0.5) is 13.2 Å². The van der Waals surface area contributed by atoms with Crippen molar-refractivity contribution in [3.63, 3.8) is 0 Å². The van der Waals surface area contributed by atoms with Crippen LogP contribution in [-0.2, 0) is 9.59 Å². The molecule has 1 aromatic rings. The highest BCUT2D eigenvalue weighted by molar-refractivity contribution is 8.26. The molecule has 1 amide bonds. The number of para-hydroxylation sites is 1. The number of benzene rings is 1. The van der Waals surface area contributed by atoms with Crippen LogP contribution in [0.3, 0.4) is 0 Å². The molecule has 0 unspecified atom stereocenters. The Morgan fingerprint density at radius 1 is 1.39 bits per heavy atom. The summed E-state index contributed by atoms with van der Waals surface area (Å²) in [5.74, 6) is -2.39. The zero-order chi connectivity index (χ0) is 17.2. The highest BCUT2D eigenvalue weighted by atomic mass is 32.2. The van der Waals surface area contributed by atoms with Crippen LogP contribution in [0, 0.1) is 0 Å². The van der Waals surface area contributed by atoms with E-state index in [-0.39, 0.29) is 14.8 Å². The summed E-state index contributed by atoms with van der Waals surface area (Å²) in [6, 6.07) is 5.28. The second-order valence-corrected chi connectivity index (χ2v) is 5.92. The second-order valence-electron chi connectivity index (χ2n) is 4.25. The molecule has 5 nitrogen and oxygen atoms in total. The Bertz CT molecular complexity index is 703. The van der Waals surface area contributed by atoms with Gasteiger partial charge in [-0.2, -0.15) is 0 Å². The van der Waals surface area contributed by atoms with Crippen LogP contribution >= 0.6 is 24.0 Å². The second kappa shape index (κ2) is 6.59. The van der Waals surface area contributed by atoms with E-state index in [2.05, 4.69) is 4.74 Å². The molecule has 1 saturated heterocycles. The van der Waals surface area contributed by atoms with Crippen LogP contribution in [-0.4, -0.2) is 39.1 Å². The minimum absolute atomic E-state index is 0.0227. The third-order valence-electron chi connectivity index (χ3n) is 2.60. The van der Waals surface area contributed by atoms with Gasteiger partial charge < -0.3 is 9.84 Å².